The molecule has 30 heavy (non-hydrogen) atoms. The lowest BCUT2D eigenvalue weighted by molar-refractivity contribution is 0.0985. The molecule has 0 bridgehead atoms. The summed E-state index contributed by atoms with van der Waals surface area (Å²) in [6.07, 6.45) is 0. The largest absolute Gasteiger partial charge is 0.279 e. The van der Waals surface area contributed by atoms with Crippen molar-refractivity contribution in [2.45, 2.75) is 32.2 Å². The topological polar surface area (TPSA) is 33.2 Å². The third-order valence-electron chi connectivity index (χ3n) is 5.04. The van der Waals surface area contributed by atoms with Gasteiger partial charge < -0.3 is 0 Å². The molecule has 4 rings (SSSR count). The van der Waals surface area contributed by atoms with Crippen molar-refractivity contribution in [2.24, 2.45) is 0 Å². The number of rotatable bonds is 6. The number of hydrogen-bond donors (Lipinski definition) is 0. The Labute approximate surface area is 185 Å². The highest BCUT2D eigenvalue weighted by molar-refractivity contribution is 7.99. The molecule has 0 aliphatic rings. The standard InChI is InChI=1S/C25H24N2OS2/c1-4-29-21-12-8-11-20(15-21)24(28)27(16-19-9-6-5-7-10-19)25-26-22-13-17(2)18(3)14-23(22)30-25/h5-15H,4,16H2,1-3H3. The van der Waals surface area contributed by atoms with Crippen LogP contribution in [0.4, 0.5) is 5.13 Å². The van der Waals surface area contributed by atoms with Crippen LogP contribution in [0.1, 0.15) is 34.0 Å². The molecule has 0 saturated heterocycles. The smallest absolute Gasteiger partial charge is 0.260 e. The maximum Gasteiger partial charge on any atom is 0.260 e. The van der Waals surface area contributed by atoms with E-state index < -0.39 is 0 Å². The lowest BCUT2D eigenvalue weighted by Crippen LogP contribution is -2.30. The van der Waals surface area contributed by atoms with Crippen molar-refractivity contribution < 1.29 is 4.79 Å². The second-order valence-corrected chi connectivity index (χ2v) is 9.58. The number of benzene rings is 3. The molecule has 0 fully saturated rings. The molecule has 3 nitrogen and oxygen atoms in total. The first-order chi connectivity index (χ1) is 14.5. The van der Waals surface area contributed by atoms with E-state index in [1.54, 1.807) is 28.0 Å². The lowest BCUT2D eigenvalue weighted by atomic mass is 10.1. The Morgan fingerprint density at radius 3 is 2.53 bits per heavy atom. The molecule has 0 atom stereocenters. The number of thioether (sulfide) groups is 1. The summed E-state index contributed by atoms with van der Waals surface area (Å²) in [6, 6.07) is 22.2. The molecule has 0 aliphatic heterocycles. The fraction of sp³-hybridized carbons (Fsp3) is 0.200. The summed E-state index contributed by atoms with van der Waals surface area (Å²) in [4.78, 5) is 21.4. The second-order valence-electron chi connectivity index (χ2n) is 7.24. The first kappa shape index (κ1) is 20.6. The Morgan fingerprint density at radius 1 is 1.00 bits per heavy atom. The van der Waals surface area contributed by atoms with Crippen molar-refractivity contribution in [3.8, 4) is 0 Å². The maximum atomic E-state index is 13.6. The summed E-state index contributed by atoms with van der Waals surface area (Å²) in [7, 11) is 0. The van der Waals surface area contributed by atoms with Gasteiger partial charge in [-0.05, 0) is 66.6 Å². The number of aromatic nitrogens is 1. The Morgan fingerprint density at radius 2 is 1.77 bits per heavy atom. The Bertz CT molecular complexity index is 1150. The van der Waals surface area contributed by atoms with Gasteiger partial charge in [0.05, 0.1) is 16.8 Å². The van der Waals surface area contributed by atoms with Gasteiger partial charge in [-0.1, -0.05) is 54.7 Å². The van der Waals surface area contributed by atoms with Crippen LogP contribution in [0.15, 0.2) is 71.6 Å². The molecule has 1 heterocycles. The molecular weight excluding hydrogens is 408 g/mol. The number of fused-ring (bicyclic) bond motifs is 1. The molecule has 0 unspecified atom stereocenters. The van der Waals surface area contributed by atoms with Gasteiger partial charge in [0.2, 0.25) is 0 Å². The quantitative estimate of drug-likeness (QED) is 0.312. The van der Waals surface area contributed by atoms with Gasteiger partial charge in [0.25, 0.3) is 5.91 Å². The number of hydrogen-bond acceptors (Lipinski definition) is 4. The molecule has 4 aromatic rings. The zero-order valence-corrected chi connectivity index (χ0v) is 19.0. The molecule has 5 heteroatoms. The Kier molecular flexibility index (Phi) is 6.21. The average molecular weight is 433 g/mol. The third kappa shape index (κ3) is 4.42. The first-order valence-corrected chi connectivity index (χ1v) is 11.8. The molecule has 0 aliphatic carbocycles. The zero-order chi connectivity index (χ0) is 21.1. The summed E-state index contributed by atoms with van der Waals surface area (Å²) in [5, 5.41) is 0.734. The number of amides is 1. The minimum atomic E-state index is -0.0232. The van der Waals surface area contributed by atoms with Crippen molar-refractivity contribution in [3.05, 3.63) is 89.0 Å². The molecule has 3 aromatic carbocycles. The monoisotopic (exact) mass is 432 g/mol. The molecule has 0 saturated carbocycles. The van der Waals surface area contributed by atoms with Crippen LogP contribution in [-0.2, 0) is 6.54 Å². The Hall–Kier alpha value is -2.63. The number of anilines is 1. The van der Waals surface area contributed by atoms with Crippen molar-refractivity contribution in [1.29, 1.82) is 0 Å². The summed E-state index contributed by atoms with van der Waals surface area (Å²) in [5.41, 5.74) is 5.17. The van der Waals surface area contributed by atoms with Crippen molar-refractivity contribution in [2.75, 3.05) is 10.7 Å². The molecule has 152 valence electrons. The minimum Gasteiger partial charge on any atom is -0.279 e. The number of thiazole rings is 1. The number of carbonyl (C=O) groups excluding carboxylic acids is 1. The van der Waals surface area contributed by atoms with Crippen LogP contribution in [-0.4, -0.2) is 16.6 Å². The van der Waals surface area contributed by atoms with Gasteiger partial charge in [-0.25, -0.2) is 4.98 Å². The van der Waals surface area contributed by atoms with Crippen LogP contribution in [0, 0.1) is 13.8 Å². The van der Waals surface area contributed by atoms with Crippen LogP contribution in [0.3, 0.4) is 0 Å². The Balaban J connectivity index is 1.76. The molecule has 0 spiro atoms. The van der Waals surface area contributed by atoms with E-state index in [1.807, 2.05) is 48.5 Å². The summed E-state index contributed by atoms with van der Waals surface area (Å²) >= 11 is 3.32. The van der Waals surface area contributed by atoms with Crippen LogP contribution < -0.4 is 4.90 Å². The van der Waals surface area contributed by atoms with Gasteiger partial charge in [-0.2, -0.15) is 0 Å². The van der Waals surface area contributed by atoms with E-state index in [0.29, 0.717) is 12.1 Å². The van der Waals surface area contributed by atoms with E-state index in [-0.39, 0.29) is 5.91 Å². The van der Waals surface area contributed by atoms with Crippen LogP contribution >= 0.6 is 23.1 Å². The average Bonchev–Trinajstić information content (AvgIpc) is 3.15. The molecule has 0 radical (unpaired) electrons. The SMILES string of the molecule is CCSc1cccc(C(=O)N(Cc2ccccc2)c2nc3cc(C)c(C)cc3s2)c1. The van der Waals surface area contributed by atoms with E-state index in [4.69, 9.17) is 4.98 Å². The van der Waals surface area contributed by atoms with Crippen molar-refractivity contribution in [1.82, 2.24) is 4.98 Å². The second kappa shape index (κ2) is 9.02. The van der Waals surface area contributed by atoms with Gasteiger partial charge in [-0.15, -0.1) is 11.8 Å². The summed E-state index contributed by atoms with van der Waals surface area (Å²) < 4.78 is 1.11. The molecule has 1 amide bonds. The van der Waals surface area contributed by atoms with Crippen molar-refractivity contribution >= 4 is 44.4 Å². The summed E-state index contributed by atoms with van der Waals surface area (Å²) in [5.74, 6) is 0.951. The third-order valence-corrected chi connectivity index (χ3v) is 6.96. The number of carbonyl (C=O) groups is 1. The van der Waals surface area contributed by atoms with Crippen LogP contribution in [0.5, 0.6) is 0 Å². The predicted octanol–water partition coefficient (Wildman–Crippen LogP) is 6.87. The predicted molar refractivity (Wildman–Crippen MR) is 129 cm³/mol. The molecule has 1 aromatic heterocycles. The molecular formula is C25H24N2OS2. The van der Waals surface area contributed by atoms with Crippen LogP contribution in [0.25, 0.3) is 10.2 Å². The fourth-order valence-electron chi connectivity index (χ4n) is 3.32. The van der Waals surface area contributed by atoms with Gasteiger partial charge in [-0.3, -0.25) is 9.69 Å². The van der Waals surface area contributed by atoms with E-state index in [0.717, 1.165) is 31.6 Å². The van der Waals surface area contributed by atoms with E-state index in [2.05, 4.69) is 39.0 Å². The number of aryl methyl sites for hydroxylation is 2. The van der Waals surface area contributed by atoms with Crippen molar-refractivity contribution in [3.63, 3.8) is 0 Å². The maximum absolute atomic E-state index is 13.6. The normalized spacial score (nSPS) is 11.0. The lowest BCUT2D eigenvalue weighted by Gasteiger charge is -2.20. The van der Waals surface area contributed by atoms with Gasteiger partial charge in [0.1, 0.15) is 0 Å². The highest BCUT2D eigenvalue weighted by Crippen LogP contribution is 2.33. The highest BCUT2D eigenvalue weighted by Gasteiger charge is 2.22. The number of nitrogens with zero attached hydrogens (tertiary/aromatic N) is 2. The zero-order valence-electron chi connectivity index (χ0n) is 17.4. The van der Waals surface area contributed by atoms with Gasteiger partial charge >= 0.3 is 0 Å². The summed E-state index contributed by atoms with van der Waals surface area (Å²) in [6.45, 7) is 6.81. The fourth-order valence-corrected chi connectivity index (χ4v) is 5.08. The molecule has 0 N–H and O–H groups in total. The van der Waals surface area contributed by atoms with E-state index in [9.17, 15) is 4.79 Å². The first-order valence-electron chi connectivity index (χ1n) is 10.0. The van der Waals surface area contributed by atoms with Gasteiger partial charge in [0.15, 0.2) is 5.13 Å². The highest BCUT2D eigenvalue weighted by atomic mass is 32.2. The minimum absolute atomic E-state index is 0.0232. The van der Waals surface area contributed by atoms with Gasteiger partial charge in [0, 0.05) is 10.5 Å². The van der Waals surface area contributed by atoms with E-state index in [1.165, 1.54) is 11.1 Å². The van der Waals surface area contributed by atoms with E-state index >= 15 is 0 Å². The van der Waals surface area contributed by atoms with Crippen LogP contribution in [0.2, 0.25) is 0 Å².